The second-order valence-electron chi connectivity index (χ2n) is 11.7. The highest BCUT2D eigenvalue weighted by atomic mass is 16.5. The van der Waals surface area contributed by atoms with Crippen LogP contribution in [0.25, 0.3) is 0 Å². The first kappa shape index (κ1) is 26.3. The number of methoxy groups -OCH3 is 2. The maximum Gasteiger partial charge on any atom is 0.118 e. The van der Waals surface area contributed by atoms with E-state index in [1.54, 1.807) is 14.2 Å². The van der Waals surface area contributed by atoms with E-state index in [1.807, 2.05) is 0 Å². The second kappa shape index (κ2) is 11.3. The molecule has 4 aromatic carbocycles. The highest BCUT2D eigenvalue weighted by molar-refractivity contribution is 5.38. The van der Waals surface area contributed by atoms with Crippen molar-refractivity contribution in [3.8, 4) is 11.5 Å². The van der Waals surface area contributed by atoms with Gasteiger partial charge >= 0.3 is 0 Å². The summed E-state index contributed by atoms with van der Waals surface area (Å²) in [5.74, 6) is 3.30. The van der Waals surface area contributed by atoms with Gasteiger partial charge in [-0.1, -0.05) is 84.9 Å². The van der Waals surface area contributed by atoms with Crippen LogP contribution in [0.4, 0.5) is 0 Å². The first-order valence-electron chi connectivity index (χ1n) is 14.9. The number of fused-ring (bicyclic) bond motifs is 3. The van der Waals surface area contributed by atoms with Gasteiger partial charge in [0.15, 0.2) is 0 Å². The van der Waals surface area contributed by atoms with E-state index in [1.165, 1.54) is 22.3 Å². The predicted molar refractivity (Wildman–Crippen MR) is 164 cm³/mol. The Morgan fingerprint density at radius 3 is 1.24 bits per heavy atom. The zero-order chi connectivity index (χ0) is 27.8. The first-order valence-corrected chi connectivity index (χ1v) is 14.9. The van der Waals surface area contributed by atoms with E-state index >= 15 is 0 Å². The lowest BCUT2D eigenvalue weighted by Gasteiger charge is -2.46. The molecule has 3 saturated heterocycles. The summed E-state index contributed by atoms with van der Waals surface area (Å²) in [5.41, 5.74) is 5.45. The minimum Gasteiger partial charge on any atom is -0.497 e. The molecule has 0 amide bonds. The molecule has 7 rings (SSSR count). The Bertz CT molecular complexity index is 1320. The van der Waals surface area contributed by atoms with E-state index in [2.05, 4.69) is 125 Å². The van der Waals surface area contributed by atoms with Crippen molar-refractivity contribution in [3.63, 3.8) is 0 Å². The van der Waals surface area contributed by atoms with Crippen LogP contribution in [0, 0.1) is 11.8 Å². The lowest BCUT2D eigenvalue weighted by atomic mass is 9.65. The van der Waals surface area contributed by atoms with Crippen LogP contribution in [0.3, 0.4) is 0 Å². The molecule has 3 N–H and O–H groups in total. The van der Waals surface area contributed by atoms with Gasteiger partial charge in [-0.2, -0.15) is 0 Å². The average molecular weight is 546 g/mol. The SMILES string of the molecule is COc1ccc(C2NCC(c3ccccc3)C3NC4C(c5ccccc5)CNC(c5ccc(OC)cc5)C4C23)cc1. The molecule has 0 aromatic heterocycles. The molecule has 0 aliphatic carbocycles. The van der Waals surface area contributed by atoms with E-state index in [0.29, 0.717) is 35.8 Å². The van der Waals surface area contributed by atoms with Crippen LogP contribution in [0.5, 0.6) is 11.5 Å². The average Bonchev–Trinajstić information content (AvgIpc) is 3.46. The quantitative estimate of drug-likeness (QED) is 0.285. The van der Waals surface area contributed by atoms with Crippen LogP contribution in [0.1, 0.15) is 46.2 Å². The number of nitrogens with one attached hydrogen (secondary N) is 3. The summed E-state index contributed by atoms with van der Waals surface area (Å²) >= 11 is 0. The van der Waals surface area contributed by atoms with Gasteiger partial charge in [0.25, 0.3) is 0 Å². The van der Waals surface area contributed by atoms with E-state index in [9.17, 15) is 0 Å². The van der Waals surface area contributed by atoms with E-state index < -0.39 is 0 Å². The van der Waals surface area contributed by atoms with Crippen molar-refractivity contribution < 1.29 is 9.47 Å². The molecule has 0 radical (unpaired) electrons. The lowest BCUT2D eigenvalue weighted by Crippen LogP contribution is -2.52. The molecule has 0 saturated carbocycles. The fourth-order valence-corrected chi connectivity index (χ4v) is 7.94. The van der Waals surface area contributed by atoms with Gasteiger partial charge in [-0.15, -0.1) is 0 Å². The molecule has 41 heavy (non-hydrogen) atoms. The Hall–Kier alpha value is -3.64. The van der Waals surface area contributed by atoms with Crippen LogP contribution < -0.4 is 25.4 Å². The second-order valence-corrected chi connectivity index (χ2v) is 11.7. The molecule has 5 nitrogen and oxygen atoms in total. The third-order valence-electron chi connectivity index (χ3n) is 9.82. The highest BCUT2D eigenvalue weighted by Crippen LogP contribution is 2.53. The molecule has 0 bridgehead atoms. The van der Waals surface area contributed by atoms with Gasteiger partial charge in [0.1, 0.15) is 11.5 Å². The molecule has 210 valence electrons. The summed E-state index contributed by atoms with van der Waals surface area (Å²) in [6.45, 7) is 1.87. The van der Waals surface area contributed by atoms with Crippen molar-refractivity contribution in [1.82, 2.24) is 16.0 Å². The van der Waals surface area contributed by atoms with E-state index in [-0.39, 0.29) is 12.1 Å². The molecule has 8 atom stereocenters. The van der Waals surface area contributed by atoms with Crippen molar-refractivity contribution >= 4 is 0 Å². The summed E-state index contributed by atoms with van der Waals surface area (Å²) in [6.07, 6.45) is 0. The summed E-state index contributed by atoms with van der Waals surface area (Å²) < 4.78 is 11.0. The molecule has 3 aliphatic heterocycles. The minimum absolute atomic E-state index is 0.227. The first-order chi connectivity index (χ1) is 20.2. The molecule has 8 unspecified atom stereocenters. The summed E-state index contributed by atoms with van der Waals surface area (Å²) in [4.78, 5) is 0. The van der Waals surface area contributed by atoms with Gasteiger partial charge in [-0.25, -0.2) is 0 Å². The van der Waals surface area contributed by atoms with Gasteiger partial charge in [0, 0.05) is 60.9 Å². The number of ether oxygens (including phenoxy) is 2. The summed E-state index contributed by atoms with van der Waals surface area (Å²) in [6, 6.07) is 40.7. The number of benzene rings is 4. The Morgan fingerprint density at radius 1 is 0.488 bits per heavy atom. The highest BCUT2D eigenvalue weighted by Gasteiger charge is 2.57. The number of rotatable bonds is 6. The normalized spacial score (nSPS) is 30.7. The fraction of sp³-hybridized carbons (Fsp3) is 0.333. The van der Waals surface area contributed by atoms with Gasteiger partial charge in [-0.3, -0.25) is 0 Å². The largest absolute Gasteiger partial charge is 0.497 e. The van der Waals surface area contributed by atoms with Crippen LogP contribution in [0.15, 0.2) is 109 Å². The zero-order valence-electron chi connectivity index (χ0n) is 23.7. The van der Waals surface area contributed by atoms with Crippen molar-refractivity contribution in [3.05, 3.63) is 131 Å². The van der Waals surface area contributed by atoms with Crippen LogP contribution >= 0.6 is 0 Å². The van der Waals surface area contributed by atoms with Gasteiger partial charge in [0.2, 0.25) is 0 Å². The Morgan fingerprint density at radius 2 is 0.878 bits per heavy atom. The predicted octanol–water partition coefficient (Wildman–Crippen LogP) is 5.83. The van der Waals surface area contributed by atoms with Crippen LogP contribution in [-0.4, -0.2) is 39.4 Å². The van der Waals surface area contributed by atoms with Crippen molar-refractivity contribution in [1.29, 1.82) is 0 Å². The van der Waals surface area contributed by atoms with Crippen molar-refractivity contribution in [2.75, 3.05) is 27.3 Å². The Balaban J connectivity index is 1.34. The third kappa shape index (κ3) is 4.82. The van der Waals surface area contributed by atoms with E-state index in [4.69, 9.17) is 9.47 Å². The van der Waals surface area contributed by atoms with Gasteiger partial charge in [0.05, 0.1) is 14.2 Å². The molecule has 0 spiro atoms. The zero-order valence-corrected chi connectivity index (χ0v) is 23.7. The standard InChI is InChI=1S/C36H39N3O2/c1-40-27-17-13-25(14-18-27)33-31-32-34(26-15-19-28(41-2)20-16-26)38-22-30(24-11-7-4-8-12-24)36(32)39-35(31)29(21-37-33)23-9-5-3-6-10-23/h3-20,29-39H,21-22H2,1-2H3. The van der Waals surface area contributed by atoms with Crippen molar-refractivity contribution in [2.24, 2.45) is 11.8 Å². The smallest absolute Gasteiger partial charge is 0.118 e. The van der Waals surface area contributed by atoms with Crippen LogP contribution in [-0.2, 0) is 0 Å². The number of piperidine rings is 2. The van der Waals surface area contributed by atoms with E-state index in [0.717, 1.165) is 24.6 Å². The number of hydrogen-bond acceptors (Lipinski definition) is 5. The van der Waals surface area contributed by atoms with Crippen molar-refractivity contribution in [2.45, 2.75) is 36.0 Å². The minimum atomic E-state index is 0.227. The molecular weight excluding hydrogens is 506 g/mol. The Kier molecular flexibility index (Phi) is 7.26. The monoisotopic (exact) mass is 545 g/mol. The van der Waals surface area contributed by atoms with Gasteiger partial charge < -0.3 is 25.4 Å². The van der Waals surface area contributed by atoms with Crippen LogP contribution in [0.2, 0.25) is 0 Å². The maximum absolute atomic E-state index is 5.51. The summed E-state index contributed by atoms with van der Waals surface area (Å²) in [5, 5.41) is 12.4. The topological polar surface area (TPSA) is 54.5 Å². The molecule has 4 aromatic rings. The molecule has 5 heteroatoms. The lowest BCUT2D eigenvalue weighted by molar-refractivity contribution is 0.139. The molecule has 3 fully saturated rings. The maximum atomic E-state index is 5.51. The van der Waals surface area contributed by atoms with Gasteiger partial charge in [-0.05, 0) is 46.5 Å². The number of hydrogen-bond donors (Lipinski definition) is 3. The fourth-order valence-electron chi connectivity index (χ4n) is 7.94. The third-order valence-corrected chi connectivity index (χ3v) is 9.82. The molecule has 3 aliphatic rings. The molecular formula is C36H39N3O2. The Labute approximate surface area is 243 Å². The summed E-state index contributed by atoms with van der Waals surface area (Å²) in [7, 11) is 3.47. The molecule has 3 heterocycles.